The number of carbonyl (C=O) groups is 4. The number of piperazine rings is 1. The fourth-order valence-electron chi connectivity index (χ4n) is 4.77. The van der Waals surface area contributed by atoms with Gasteiger partial charge in [-0.1, -0.05) is 66.7 Å². The van der Waals surface area contributed by atoms with Gasteiger partial charge in [-0.15, -0.1) is 0 Å². The Kier molecular flexibility index (Phi) is 12.0. The Labute approximate surface area is 262 Å². The average molecular weight is 615 g/mol. The van der Waals surface area contributed by atoms with E-state index < -0.39 is 18.0 Å². The van der Waals surface area contributed by atoms with Crippen LogP contribution in [0, 0.1) is 5.41 Å². The van der Waals surface area contributed by atoms with E-state index in [0.29, 0.717) is 43.9 Å². The van der Waals surface area contributed by atoms with Crippen molar-refractivity contribution in [1.82, 2.24) is 15.1 Å². The molecule has 1 aliphatic heterocycles. The zero-order valence-electron chi connectivity index (χ0n) is 24.9. The van der Waals surface area contributed by atoms with Crippen LogP contribution < -0.4 is 16.4 Å². The summed E-state index contributed by atoms with van der Waals surface area (Å²) in [5.74, 6) is -1.55. The van der Waals surface area contributed by atoms with Gasteiger partial charge in [0, 0.05) is 50.4 Å². The number of hydrogen-bond donors (Lipinski definition) is 4. The third-order valence-electron chi connectivity index (χ3n) is 7.16. The van der Waals surface area contributed by atoms with Crippen molar-refractivity contribution in [3.05, 3.63) is 102 Å². The number of nitrogens with zero attached hydrogens (tertiary/aromatic N) is 2. The van der Waals surface area contributed by atoms with Crippen LogP contribution in [-0.2, 0) is 32.3 Å². The predicted molar refractivity (Wildman–Crippen MR) is 168 cm³/mol. The zero-order chi connectivity index (χ0) is 32.0. The highest BCUT2D eigenvalue weighted by atomic mass is 16.6. The summed E-state index contributed by atoms with van der Waals surface area (Å²) in [5.41, 5.74) is 8.30. The molecule has 3 aromatic rings. The summed E-state index contributed by atoms with van der Waals surface area (Å²) >= 11 is 0. The monoisotopic (exact) mass is 614 g/mol. The molecule has 45 heavy (non-hydrogen) atoms. The lowest BCUT2D eigenvalue weighted by molar-refractivity contribution is -0.145. The van der Waals surface area contributed by atoms with Gasteiger partial charge < -0.3 is 30.7 Å². The smallest absolute Gasteiger partial charge is 0.410 e. The van der Waals surface area contributed by atoms with Gasteiger partial charge in [0.25, 0.3) is 5.91 Å². The molecule has 0 aromatic heterocycles. The molecule has 1 heterocycles. The second-order valence-corrected chi connectivity index (χ2v) is 10.5. The van der Waals surface area contributed by atoms with Crippen molar-refractivity contribution >= 4 is 35.4 Å². The van der Waals surface area contributed by atoms with Crippen LogP contribution in [0.2, 0.25) is 0 Å². The molecule has 3 aromatic carbocycles. The van der Waals surface area contributed by atoms with Crippen LogP contribution in [0.5, 0.6) is 0 Å². The molecule has 1 unspecified atom stereocenters. The standard InChI is InChI=1S/C33H38N6O6/c34-30(35)29(38-17-19-39(20-18-38)33(43)45-23-25-11-5-2-6-12-25)32(42)37-27-14-7-13-26(21-27)31(41)36-16-8-15-28(40)44-22-24-9-3-1-4-10-24/h1-7,9-14,21,29H,8,15-20,22-23H2,(H3,34,35)(H,36,41)(H,37,42). The summed E-state index contributed by atoms with van der Waals surface area (Å²) < 4.78 is 10.7. The Morgan fingerprint density at radius 3 is 2.07 bits per heavy atom. The van der Waals surface area contributed by atoms with E-state index in [-0.39, 0.29) is 43.9 Å². The number of amidine groups is 1. The maximum atomic E-state index is 13.2. The van der Waals surface area contributed by atoms with Crippen molar-refractivity contribution in [3.63, 3.8) is 0 Å². The first-order valence-electron chi connectivity index (χ1n) is 14.7. The van der Waals surface area contributed by atoms with E-state index in [1.165, 1.54) is 6.07 Å². The minimum atomic E-state index is -1.05. The topological polar surface area (TPSA) is 167 Å². The number of hydrogen-bond acceptors (Lipinski definition) is 8. The highest BCUT2D eigenvalue weighted by Gasteiger charge is 2.33. The molecule has 5 N–H and O–H groups in total. The van der Waals surface area contributed by atoms with Crippen LogP contribution in [0.25, 0.3) is 0 Å². The van der Waals surface area contributed by atoms with Gasteiger partial charge in [0.15, 0.2) is 0 Å². The van der Waals surface area contributed by atoms with Crippen LogP contribution in [-0.4, -0.2) is 78.3 Å². The van der Waals surface area contributed by atoms with Crippen molar-refractivity contribution in [2.45, 2.75) is 32.1 Å². The molecular weight excluding hydrogens is 576 g/mol. The molecule has 0 bridgehead atoms. The highest BCUT2D eigenvalue weighted by molar-refractivity contribution is 6.10. The Morgan fingerprint density at radius 2 is 1.44 bits per heavy atom. The number of nitrogens with one attached hydrogen (secondary N) is 3. The summed E-state index contributed by atoms with van der Waals surface area (Å²) in [4.78, 5) is 53.7. The van der Waals surface area contributed by atoms with E-state index >= 15 is 0 Å². The summed E-state index contributed by atoms with van der Waals surface area (Å²) in [6.45, 7) is 1.90. The molecule has 4 rings (SSSR count). The average Bonchev–Trinajstić information content (AvgIpc) is 3.06. The minimum Gasteiger partial charge on any atom is -0.461 e. The number of amides is 3. The predicted octanol–water partition coefficient (Wildman–Crippen LogP) is 3.14. The maximum absolute atomic E-state index is 13.2. The number of benzene rings is 3. The number of esters is 1. The van der Waals surface area contributed by atoms with Crippen LogP contribution in [0.15, 0.2) is 84.9 Å². The van der Waals surface area contributed by atoms with E-state index in [1.54, 1.807) is 28.0 Å². The van der Waals surface area contributed by atoms with Gasteiger partial charge in [-0.25, -0.2) is 4.79 Å². The Morgan fingerprint density at radius 1 is 0.822 bits per heavy atom. The van der Waals surface area contributed by atoms with E-state index in [0.717, 1.165) is 11.1 Å². The summed E-state index contributed by atoms with van der Waals surface area (Å²) in [7, 11) is 0. The number of carbonyl (C=O) groups excluding carboxylic acids is 4. The van der Waals surface area contributed by atoms with Gasteiger partial charge in [-0.3, -0.25) is 24.7 Å². The summed E-state index contributed by atoms with van der Waals surface area (Å²) in [6, 6.07) is 24.1. The minimum absolute atomic E-state index is 0.165. The molecule has 3 amide bonds. The first-order chi connectivity index (χ1) is 21.8. The molecule has 1 aliphatic rings. The molecule has 0 spiro atoms. The first kappa shape index (κ1) is 32.7. The van der Waals surface area contributed by atoms with Gasteiger partial charge in [-0.05, 0) is 35.7 Å². The normalized spacial score (nSPS) is 13.7. The van der Waals surface area contributed by atoms with Crippen LogP contribution in [0.3, 0.4) is 0 Å². The van der Waals surface area contributed by atoms with Crippen molar-refractivity contribution in [2.24, 2.45) is 5.73 Å². The Bertz CT molecular complexity index is 1460. The highest BCUT2D eigenvalue weighted by Crippen LogP contribution is 2.15. The van der Waals surface area contributed by atoms with Crippen molar-refractivity contribution in [2.75, 3.05) is 38.0 Å². The third-order valence-corrected chi connectivity index (χ3v) is 7.16. The molecule has 1 fully saturated rings. The van der Waals surface area contributed by atoms with Crippen LogP contribution in [0.1, 0.15) is 34.3 Å². The number of rotatable bonds is 13. The van der Waals surface area contributed by atoms with E-state index in [9.17, 15) is 19.2 Å². The lowest BCUT2D eigenvalue weighted by Gasteiger charge is -2.37. The third kappa shape index (κ3) is 10.2. The Balaban J connectivity index is 1.21. The summed E-state index contributed by atoms with van der Waals surface area (Å²) in [6.07, 6.45) is 0.132. The molecule has 236 valence electrons. The van der Waals surface area contributed by atoms with Crippen LogP contribution >= 0.6 is 0 Å². The van der Waals surface area contributed by atoms with Gasteiger partial charge in [0.1, 0.15) is 25.1 Å². The van der Waals surface area contributed by atoms with Crippen molar-refractivity contribution < 1.29 is 28.7 Å². The zero-order valence-corrected chi connectivity index (χ0v) is 24.9. The van der Waals surface area contributed by atoms with Crippen molar-refractivity contribution in [1.29, 1.82) is 5.41 Å². The second-order valence-electron chi connectivity index (χ2n) is 10.5. The van der Waals surface area contributed by atoms with E-state index in [2.05, 4.69) is 10.6 Å². The van der Waals surface area contributed by atoms with Gasteiger partial charge in [-0.2, -0.15) is 0 Å². The lowest BCUT2D eigenvalue weighted by Crippen LogP contribution is -2.58. The number of ether oxygens (including phenoxy) is 2. The van der Waals surface area contributed by atoms with Gasteiger partial charge in [0.05, 0.1) is 0 Å². The summed E-state index contributed by atoms with van der Waals surface area (Å²) in [5, 5.41) is 13.6. The van der Waals surface area contributed by atoms with E-state index in [1.807, 2.05) is 60.7 Å². The molecule has 0 radical (unpaired) electrons. The van der Waals surface area contributed by atoms with Gasteiger partial charge in [0.2, 0.25) is 5.91 Å². The second kappa shape index (κ2) is 16.6. The fourth-order valence-corrected chi connectivity index (χ4v) is 4.77. The molecule has 12 heteroatoms. The van der Waals surface area contributed by atoms with E-state index in [4.69, 9.17) is 20.6 Å². The largest absolute Gasteiger partial charge is 0.461 e. The Hall–Kier alpha value is -5.23. The molecule has 12 nitrogen and oxygen atoms in total. The number of nitrogens with two attached hydrogens (primary N) is 1. The SMILES string of the molecule is N=C(N)C(C(=O)Nc1cccc(C(=O)NCCCC(=O)OCc2ccccc2)c1)N1CCN(C(=O)OCc2ccccc2)CC1. The fraction of sp³-hybridized carbons (Fsp3) is 0.303. The lowest BCUT2D eigenvalue weighted by atomic mass is 10.1. The molecule has 1 saturated heterocycles. The quantitative estimate of drug-likeness (QED) is 0.0986. The molecule has 1 atom stereocenters. The maximum Gasteiger partial charge on any atom is 0.410 e. The first-order valence-corrected chi connectivity index (χ1v) is 14.7. The number of anilines is 1. The molecule has 0 aliphatic carbocycles. The van der Waals surface area contributed by atoms with Gasteiger partial charge >= 0.3 is 12.1 Å². The molecular formula is C33H38N6O6. The van der Waals surface area contributed by atoms with Crippen LogP contribution in [0.4, 0.5) is 10.5 Å². The molecule has 0 saturated carbocycles. The van der Waals surface area contributed by atoms with Crippen molar-refractivity contribution in [3.8, 4) is 0 Å².